The quantitative estimate of drug-likeness (QED) is 0.672. The lowest BCUT2D eigenvalue weighted by Gasteiger charge is -1.97. The highest BCUT2D eigenvalue weighted by molar-refractivity contribution is 7.19. The fraction of sp³-hybridized carbons (Fsp3) is 0. The maximum Gasteiger partial charge on any atom is 0.125 e. The van der Waals surface area contributed by atoms with Crippen LogP contribution in [0.3, 0.4) is 0 Å². The van der Waals surface area contributed by atoms with Crippen LogP contribution < -0.4 is 0 Å². The van der Waals surface area contributed by atoms with Crippen LogP contribution in [-0.2, 0) is 0 Å². The average Bonchev–Trinajstić information content (AvgIpc) is 2.81. The van der Waals surface area contributed by atoms with Crippen LogP contribution in [0.25, 0.3) is 22.1 Å². The van der Waals surface area contributed by atoms with Crippen molar-refractivity contribution in [3.05, 3.63) is 64.1 Å². The molecular weight excluding hydrogens is 278 g/mol. The number of fused-ring (bicyclic) bond motifs is 1. The monoisotopic (exact) mass is 287 g/mol. The van der Waals surface area contributed by atoms with E-state index in [1.165, 1.54) is 11.3 Å². The van der Waals surface area contributed by atoms with Gasteiger partial charge >= 0.3 is 0 Å². The summed E-state index contributed by atoms with van der Waals surface area (Å²) < 4.78 is 1.05. The first-order valence-electron chi connectivity index (χ1n) is 5.74. The molecule has 0 atom stereocenters. The number of thiazole rings is 1. The van der Waals surface area contributed by atoms with E-state index in [0.29, 0.717) is 5.02 Å². The van der Waals surface area contributed by atoms with Gasteiger partial charge in [0.05, 0.1) is 10.2 Å². The Morgan fingerprint density at radius 1 is 1.16 bits per heavy atom. The Bertz CT molecular complexity index is 749. The topological polar surface area (TPSA) is 33.1 Å². The SMILES string of the molecule is OC(=Cc1nc2cc(Cl)ccc2s1)c1ccccc1. The number of nitrogens with zero attached hydrogens (tertiary/aromatic N) is 1. The van der Waals surface area contributed by atoms with Crippen molar-refractivity contribution in [2.24, 2.45) is 0 Å². The fourth-order valence-electron chi connectivity index (χ4n) is 1.79. The molecule has 0 saturated heterocycles. The number of aliphatic hydroxyl groups is 1. The van der Waals surface area contributed by atoms with Crippen LogP contribution >= 0.6 is 22.9 Å². The summed E-state index contributed by atoms with van der Waals surface area (Å²) in [5.74, 6) is 0.214. The van der Waals surface area contributed by atoms with Crippen LogP contribution in [0.5, 0.6) is 0 Å². The zero-order chi connectivity index (χ0) is 13.2. The molecule has 3 aromatic rings. The lowest BCUT2D eigenvalue weighted by Crippen LogP contribution is -1.81. The molecule has 0 saturated carbocycles. The third-order valence-electron chi connectivity index (χ3n) is 2.70. The average molecular weight is 288 g/mol. The third kappa shape index (κ3) is 2.62. The van der Waals surface area contributed by atoms with Crippen molar-refractivity contribution in [1.29, 1.82) is 0 Å². The van der Waals surface area contributed by atoms with E-state index in [0.717, 1.165) is 20.8 Å². The number of halogens is 1. The number of rotatable bonds is 2. The predicted molar refractivity (Wildman–Crippen MR) is 81.6 cm³/mol. The zero-order valence-corrected chi connectivity index (χ0v) is 11.4. The molecule has 1 heterocycles. The van der Waals surface area contributed by atoms with Gasteiger partial charge in [-0.3, -0.25) is 0 Å². The molecule has 94 valence electrons. The molecule has 0 aliphatic rings. The van der Waals surface area contributed by atoms with Gasteiger partial charge in [0.25, 0.3) is 0 Å². The number of benzene rings is 2. The normalized spacial score (nSPS) is 11.9. The van der Waals surface area contributed by atoms with E-state index in [4.69, 9.17) is 11.6 Å². The molecule has 0 bridgehead atoms. The summed E-state index contributed by atoms with van der Waals surface area (Å²) in [7, 11) is 0. The molecule has 0 amide bonds. The van der Waals surface area contributed by atoms with Gasteiger partial charge in [0, 0.05) is 16.7 Å². The number of hydrogen-bond donors (Lipinski definition) is 1. The molecule has 0 spiro atoms. The molecule has 0 unspecified atom stereocenters. The standard InChI is InChI=1S/C15H10ClNOS/c16-11-6-7-14-12(8-11)17-15(19-14)9-13(18)10-4-2-1-3-5-10/h1-9,18H. The Morgan fingerprint density at radius 2 is 1.95 bits per heavy atom. The Morgan fingerprint density at radius 3 is 2.74 bits per heavy atom. The summed E-state index contributed by atoms with van der Waals surface area (Å²) in [4.78, 5) is 4.44. The van der Waals surface area contributed by atoms with Gasteiger partial charge in [-0.05, 0) is 18.2 Å². The van der Waals surface area contributed by atoms with Crippen molar-refractivity contribution in [3.8, 4) is 0 Å². The van der Waals surface area contributed by atoms with Gasteiger partial charge in [0.15, 0.2) is 0 Å². The molecule has 0 aliphatic heterocycles. The second-order valence-corrected chi connectivity index (χ2v) is 5.56. The Labute approximate surface area is 119 Å². The van der Waals surface area contributed by atoms with Crippen LogP contribution in [0.4, 0.5) is 0 Å². The van der Waals surface area contributed by atoms with Crippen LogP contribution in [0.2, 0.25) is 5.02 Å². The van der Waals surface area contributed by atoms with E-state index < -0.39 is 0 Å². The summed E-state index contributed by atoms with van der Waals surface area (Å²) in [5.41, 5.74) is 1.63. The summed E-state index contributed by atoms with van der Waals surface area (Å²) in [6, 6.07) is 15.0. The summed E-state index contributed by atoms with van der Waals surface area (Å²) in [6.45, 7) is 0. The van der Waals surface area contributed by atoms with Crippen LogP contribution in [0, 0.1) is 0 Å². The molecule has 3 rings (SSSR count). The minimum atomic E-state index is 0.214. The van der Waals surface area contributed by atoms with Gasteiger partial charge in [-0.2, -0.15) is 0 Å². The molecule has 2 aromatic carbocycles. The van der Waals surface area contributed by atoms with Crippen molar-refractivity contribution in [1.82, 2.24) is 4.98 Å². The van der Waals surface area contributed by atoms with Gasteiger partial charge in [-0.25, -0.2) is 4.98 Å². The smallest absolute Gasteiger partial charge is 0.125 e. The fourth-order valence-corrected chi connectivity index (χ4v) is 2.84. The van der Waals surface area contributed by atoms with Crippen molar-refractivity contribution >= 4 is 45.0 Å². The summed E-state index contributed by atoms with van der Waals surface area (Å²) in [5, 5.41) is 11.5. The summed E-state index contributed by atoms with van der Waals surface area (Å²) >= 11 is 7.45. The lowest BCUT2D eigenvalue weighted by atomic mass is 10.2. The van der Waals surface area contributed by atoms with Gasteiger partial charge in [-0.1, -0.05) is 41.9 Å². The first-order chi connectivity index (χ1) is 9.22. The van der Waals surface area contributed by atoms with Crippen molar-refractivity contribution in [2.45, 2.75) is 0 Å². The first kappa shape index (κ1) is 12.2. The zero-order valence-electron chi connectivity index (χ0n) is 9.88. The second kappa shape index (κ2) is 5.03. The van der Waals surface area contributed by atoms with Gasteiger partial charge in [0.2, 0.25) is 0 Å². The van der Waals surface area contributed by atoms with Crippen LogP contribution in [0.1, 0.15) is 10.6 Å². The van der Waals surface area contributed by atoms with E-state index >= 15 is 0 Å². The van der Waals surface area contributed by atoms with Gasteiger partial charge in [0.1, 0.15) is 10.8 Å². The number of aromatic nitrogens is 1. The third-order valence-corrected chi connectivity index (χ3v) is 3.91. The maximum atomic E-state index is 10.1. The molecule has 0 fully saturated rings. The summed E-state index contributed by atoms with van der Waals surface area (Å²) in [6.07, 6.45) is 1.67. The molecule has 19 heavy (non-hydrogen) atoms. The van der Waals surface area contributed by atoms with Crippen LogP contribution in [-0.4, -0.2) is 10.1 Å². The Balaban J connectivity index is 2.01. The lowest BCUT2D eigenvalue weighted by molar-refractivity contribution is 0.515. The molecule has 1 N–H and O–H groups in total. The minimum absolute atomic E-state index is 0.214. The minimum Gasteiger partial charge on any atom is -0.507 e. The van der Waals surface area contributed by atoms with Gasteiger partial charge in [-0.15, -0.1) is 11.3 Å². The largest absolute Gasteiger partial charge is 0.507 e. The Kier molecular flexibility index (Phi) is 3.23. The number of aliphatic hydroxyl groups excluding tert-OH is 1. The van der Waals surface area contributed by atoms with Crippen LogP contribution in [0.15, 0.2) is 48.5 Å². The van der Waals surface area contributed by atoms with E-state index in [-0.39, 0.29) is 5.76 Å². The highest BCUT2D eigenvalue weighted by Gasteiger charge is 2.04. The molecule has 0 radical (unpaired) electrons. The molecule has 4 heteroatoms. The molecule has 0 aliphatic carbocycles. The van der Waals surface area contributed by atoms with Crippen molar-refractivity contribution in [3.63, 3.8) is 0 Å². The predicted octanol–water partition coefficient (Wildman–Crippen LogP) is 5.01. The molecular formula is C15H10ClNOS. The highest BCUT2D eigenvalue weighted by atomic mass is 35.5. The van der Waals surface area contributed by atoms with E-state index in [1.54, 1.807) is 6.08 Å². The Hall–Kier alpha value is -1.84. The van der Waals surface area contributed by atoms with E-state index in [2.05, 4.69) is 4.98 Å². The highest BCUT2D eigenvalue weighted by Crippen LogP contribution is 2.27. The molecule has 2 nitrogen and oxygen atoms in total. The second-order valence-electron chi connectivity index (χ2n) is 4.06. The van der Waals surface area contributed by atoms with Crippen molar-refractivity contribution in [2.75, 3.05) is 0 Å². The number of hydrogen-bond acceptors (Lipinski definition) is 3. The first-order valence-corrected chi connectivity index (χ1v) is 6.94. The maximum absolute atomic E-state index is 10.1. The van der Waals surface area contributed by atoms with E-state index in [9.17, 15) is 5.11 Å². The van der Waals surface area contributed by atoms with E-state index in [1.807, 2.05) is 48.5 Å². The molecule has 1 aromatic heterocycles. The van der Waals surface area contributed by atoms with Gasteiger partial charge < -0.3 is 5.11 Å². The van der Waals surface area contributed by atoms with Crippen molar-refractivity contribution < 1.29 is 5.11 Å².